The van der Waals surface area contributed by atoms with Gasteiger partial charge in [0.15, 0.2) is 11.4 Å². The van der Waals surface area contributed by atoms with Gasteiger partial charge in [0.05, 0.1) is 5.52 Å². The second kappa shape index (κ2) is 4.72. The molecule has 1 atom stereocenters. The van der Waals surface area contributed by atoms with Gasteiger partial charge in [-0.25, -0.2) is 0 Å². The Kier molecular flexibility index (Phi) is 2.66. The molecule has 0 spiro atoms. The van der Waals surface area contributed by atoms with Gasteiger partial charge in [-0.15, -0.1) is 0 Å². The molecule has 5 rings (SSSR count). The van der Waals surface area contributed by atoms with Crippen molar-refractivity contribution in [3.05, 3.63) is 59.8 Å². The maximum Gasteiger partial charge on any atom is 0.166 e. The van der Waals surface area contributed by atoms with Gasteiger partial charge in [0.2, 0.25) is 0 Å². The molecule has 0 saturated heterocycles. The summed E-state index contributed by atoms with van der Waals surface area (Å²) < 4.78 is 8.52. The van der Waals surface area contributed by atoms with E-state index in [4.69, 9.17) is 4.42 Å². The van der Waals surface area contributed by atoms with Gasteiger partial charge < -0.3 is 8.98 Å². The fourth-order valence-electron chi connectivity index (χ4n) is 4.17. The molecule has 2 aromatic carbocycles. The van der Waals surface area contributed by atoms with Crippen LogP contribution < -0.4 is 0 Å². The van der Waals surface area contributed by atoms with Gasteiger partial charge in [0.25, 0.3) is 0 Å². The fraction of sp³-hybridized carbons (Fsp3) is 0.250. The Balaban J connectivity index is 2.10. The number of aromatic nitrogens is 1. The first-order valence-electron chi connectivity index (χ1n) is 8.24. The van der Waals surface area contributed by atoms with Crippen molar-refractivity contribution < 1.29 is 9.21 Å². The van der Waals surface area contributed by atoms with Gasteiger partial charge in [0.1, 0.15) is 5.58 Å². The standard InChI is InChI=1S/C20H17NO2/c22-16-12-13-6-5-11-21-15-8-2-4-10-18(15)23-17-9-3-1-7-14(17)19(16)20(13)21/h1-4,7-10,13H,5-6,11-12H2. The molecule has 1 aliphatic carbocycles. The molecule has 23 heavy (non-hydrogen) atoms. The van der Waals surface area contributed by atoms with Crippen LogP contribution in [0.25, 0.3) is 22.1 Å². The number of aryl methyl sites for hydroxylation is 1. The Morgan fingerprint density at radius 3 is 2.70 bits per heavy atom. The average molecular weight is 303 g/mol. The summed E-state index contributed by atoms with van der Waals surface area (Å²) in [5, 5.41) is 0.941. The van der Waals surface area contributed by atoms with Crippen LogP contribution in [-0.4, -0.2) is 10.4 Å². The van der Waals surface area contributed by atoms with Gasteiger partial charge in [-0.1, -0.05) is 30.3 Å². The molecule has 1 unspecified atom stereocenters. The minimum absolute atomic E-state index is 0.257. The highest BCUT2D eigenvalue weighted by Gasteiger charge is 2.35. The maximum absolute atomic E-state index is 12.8. The SMILES string of the molecule is O=C1CC2CCCn3c2c1c1ccccc1oc1ccccc13. The van der Waals surface area contributed by atoms with E-state index in [1.54, 1.807) is 0 Å². The number of fused-ring (bicyclic) bond motifs is 4. The molecule has 2 heterocycles. The number of nitrogens with zero attached hydrogens (tertiary/aromatic N) is 1. The summed E-state index contributed by atoms with van der Waals surface area (Å²) in [6.45, 7) is 0.950. The summed E-state index contributed by atoms with van der Waals surface area (Å²) in [4.78, 5) is 12.8. The third-order valence-electron chi connectivity index (χ3n) is 5.11. The first-order valence-corrected chi connectivity index (χ1v) is 8.24. The zero-order valence-corrected chi connectivity index (χ0v) is 12.8. The van der Waals surface area contributed by atoms with Crippen molar-refractivity contribution in [1.82, 2.24) is 4.57 Å². The van der Waals surface area contributed by atoms with Gasteiger partial charge in [-0.2, -0.15) is 0 Å². The van der Waals surface area contributed by atoms with Crippen LogP contribution in [0, 0.1) is 0 Å². The molecule has 0 bridgehead atoms. The summed E-state index contributed by atoms with van der Waals surface area (Å²) in [5.41, 5.74) is 4.81. The lowest BCUT2D eigenvalue weighted by Gasteiger charge is -2.24. The Morgan fingerprint density at radius 2 is 1.78 bits per heavy atom. The number of ketones is 1. The molecule has 3 aromatic rings. The lowest BCUT2D eigenvalue weighted by Crippen LogP contribution is -2.15. The number of hydrogen-bond donors (Lipinski definition) is 0. The zero-order valence-electron chi connectivity index (χ0n) is 12.8. The largest absolute Gasteiger partial charge is 0.455 e. The van der Waals surface area contributed by atoms with Crippen molar-refractivity contribution in [2.24, 2.45) is 0 Å². The van der Waals surface area contributed by atoms with E-state index in [-0.39, 0.29) is 5.78 Å². The van der Waals surface area contributed by atoms with Crippen LogP contribution in [-0.2, 0) is 6.54 Å². The van der Waals surface area contributed by atoms with Gasteiger partial charge in [-0.3, -0.25) is 4.79 Å². The van der Waals surface area contributed by atoms with Crippen molar-refractivity contribution in [2.45, 2.75) is 31.7 Å². The number of carbonyl (C=O) groups excluding carboxylic acids is 1. The molecular formula is C20H17NO2. The smallest absolute Gasteiger partial charge is 0.166 e. The van der Waals surface area contributed by atoms with Crippen LogP contribution in [0.5, 0.6) is 0 Å². The molecule has 0 radical (unpaired) electrons. The highest BCUT2D eigenvalue weighted by molar-refractivity contribution is 6.10. The number of hydrogen-bond acceptors (Lipinski definition) is 2. The summed E-state index contributed by atoms with van der Waals surface area (Å²) in [7, 11) is 0. The predicted octanol–water partition coefficient (Wildman–Crippen LogP) is 4.98. The van der Waals surface area contributed by atoms with Gasteiger partial charge >= 0.3 is 0 Å². The molecule has 0 N–H and O–H groups in total. The first-order chi connectivity index (χ1) is 11.3. The Morgan fingerprint density at radius 1 is 1.00 bits per heavy atom. The molecule has 3 heteroatoms. The van der Waals surface area contributed by atoms with Crippen LogP contribution >= 0.6 is 0 Å². The minimum atomic E-state index is 0.257. The van der Waals surface area contributed by atoms with Crippen molar-refractivity contribution >= 4 is 27.9 Å². The van der Waals surface area contributed by atoms with Crippen LogP contribution in [0.3, 0.4) is 0 Å². The molecule has 1 aromatic heterocycles. The quantitative estimate of drug-likeness (QED) is 0.587. The zero-order chi connectivity index (χ0) is 15.4. The molecule has 0 saturated carbocycles. The number of Topliss-reactive ketones (excluding diaryl/α,β-unsaturated/α-hetero) is 1. The number of carbonyl (C=O) groups is 1. The Labute approximate surface area is 133 Å². The van der Waals surface area contributed by atoms with Crippen LogP contribution in [0.4, 0.5) is 0 Å². The topological polar surface area (TPSA) is 35.1 Å². The van der Waals surface area contributed by atoms with Crippen LogP contribution in [0.1, 0.15) is 41.2 Å². The predicted molar refractivity (Wildman–Crippen MR) is 90.3 cm³/mol. The molecule has 3 nitrogen and oxygen atoms in total. The minimum Gasteiger partial charge on any atom is -0.455 e. The first kappa shape index (κ1) is 12.9. The molecule has 0 fully saturated rings. The third-order valence-corrected chi connectivity index (χ3v) is 5.11. The molecule has 2 aliphatic rings. The number of benzene rings is 2. The van der Waals surface area contributed by atoms with E-state index < -0.39 is 0 Å². The maximum atomic E-state index is 12.8. The van der Waals surface area contributed by atoms with Crippen molar-refractivity contribution in [1.29, 1.82) is 0 Å². The lowest BCUT2D eigenvalue weighted by atomic mass is 9.96. The van der Waals surface area contributed by atoms with E-state index in [2.05, 4.69) is 10.6 Å². The molecule has 0 amide bonds. The van der Waals surface area contributed by atoms with Crippen LogP contribution in [0.2, 0.25) is 0 Å². The Bertz CT molecular complexity index is 1010. The van der Waals surface area contributed by atoms with E-state index in [0.717, 1.165) is 47.0 Å². The van der Waals surface area contributed by atoms with Crippen molar-refractivity contribution in [3.8, 4) is 0 Å². The average Bonchev–Trinajstić information content (AvgIpc) is 2.90. The third kappa shape index (κ3) is 1.79. The van der Waals surface area contributed by atoms with E-state index >= 15 is 0 Å². The second-order valence-corrected chi connectivity index (χ2v) is 6.44. The van der Waals surface area contributed by atoms with Crippen molar-refractivity contribution in [3.63, 3.8) is 0 Å². The summed E-state index contributed by atoms with van der Waals surface area (Å²) >= 11 is 0. The molecule has 1 aliphatic heterocycles. The molecule has 114 valence electrons. The van der Waals surface area contributed by atoms with Gasteiger partial charge in [-0.05, 0) is 31.0 Å². The lowest BCUT2D eigenvalue weighted by molar-refractivity contribution is 0.0989. The van der Waals surface area contributed by atoms with Gasteiger partial charge in [0, 0.05) is 35.5 Å². The van der Waals surface area contributed by atoms with E-state index in [1.165, 1.54) is 5.69 Å². The summed E-state index contributed by atoms with van der Waals surface area (Å²) in [6, 6.07) is 16.1. The van der Waals surface area contributed by atoms with Crippen LogP contribution in [0.15, 0.2) is 52.9 Å². The van der Waals surface area contributed by atoms with E-state index in [1.807, 2.05) is 42.5 Å². The summed E-state index contributed by atoms with van der Waals surface area (Å²) in [5.74, 6) is 0.609. The second-order valence-electron chi connectivity index (χ2n) is 6.44. The Hall–Kier alpha value is -2.55. The number of rotatable bonds is 0. The van der Waals surface area contributed by atoms with E-state index in [9.17, 15) is 4.79 Å². The monoisotopic (exact) mass is 303 g/mol. The molecular weight excluding hydrogens is 286 g/mol. The fourth-order valence-corrected chi connectivity index (χ4v) is 4.17. The highest BCUT2D eigenvalue weighted by atomic mass is 16.3. The number of para-hydroxylation sites is 3. The normalized spacial score (nSPS) is 19.1. The van der Waals surface area contributed by atoms with Crippen molar-refractivity contribution in [2.75, 3.05) is 0 Å². The highest BCUT2D eigenvalue weighted by Crippen LogP contribution is 2.42. The van der Waals surface area contributed by atoms with E-state index in [0.29, 0.717) is 12.3 Å². The summed E-state index contributed by atoms with van der Waals surface area (Å²) in [6.07, 6.45) is 2.86.